The molecule has 0 aliphatic carbocycles. The Morgan fingerprint density at radius 2 is 1.21 bits per heavy atom. The van der Waals surface area contributed by atoms with Gasteiger partial charge in [-0.15, -0.1) is 0 Å². The van der Waals surface area contributed by atoms with Gasteiger partial charge >= 0.3 is 17.9 Å². The maximum atomic E-state index is 10.6. The van der Waals surface area contributed by atoms with Crippen molar-refractivity contribution in [2.24, 2.45) is 5.11 Å². The Morgan fingerprint density at radius 3 is 1.42 bits per heavy atom. The molecule has 0 rings (SSSR count). The first-order chi connectivity index (χ1) is 8.81. The fraction of sp³-hybridized carbons (Fsp3) is 0.700. The van der Waals surface area contributed by atoms with Crippen LogP contribution in [0.2, 0.25) is 0 Å². The van der Waals surface area contributed by atoms with Crippen LogP contribution in [0.15, 0.2) is 5.11 Å². The van der Waals surface area contributed by atoms with Crippen molar-refractivity contribution in [2.75, 3.05) is 0 Å². The maximum Gasteiger partial charge on any atom is 0.303 e. The van der Waals surface area contributed by atoms with E-state index in [9.17, 15) is 14.4 Å². The molecule has 3 N–H and O–H groups in total. The van der Waals surface area contributed by atoms with Crippen molar-refractivity contribution in [1.82, 2.24) is 0 Å². The number of hydrogen-bond donors (Lipinski definition) is 3. The summed E-state index contributed by atoms with van der Waals surface area (Å²) in [7, 11) is 0. The molecule has 0 atom stereocenters. The van der Waals surface area contributed by atoms with E-state index in [1.807, 2.05) is 0 Å². The Kier molecular flexibility index (Phi) is 6.98. The Hall–Kier alpha value is -2.28. The van der Waals surface area contributed by atoms with Crippen molar-refractivity contribution in [2.45, 2.75) is 44.1 Å². The number of azide groups is 1. The van der Waals surface area contributed by atoms with E-state index in [0.717, 1.165) is 0 Å². The molecule has 0 spiro atoms. The molecule has 0 aromatic heterocycles. The molecule has 0 aromatic carbocycles. The first kappa shape index (κ1) is 16.7. The highest BCUT2D eigenvalue weighted by atomic mass is 16.4. The molecule has 0 aliphatic heterocycles. The highest BCUT2D eigenvalue weighted by Crippen LogP contribution is 2.30. The molecular weight excluding hydrogens is 258 g/mol. The van der Waals surface area contributed by atoms with E-state index >= 15 is 0 Å². The second-order valence-electron chi connectivity index (χ2n) is 4.09. The average Bonchev–Trinajstić information content (AvgIpc) is 2.31. The summed E-state index contributed by atoms with van der Waals surface area (Å²) < 4.78 is 0. The topological polar surface area (TPSA) is 161 Å². The van der Waals surface area contributed by atoms with Crippen LogP contribution < -0.4 is 0 Å². The van der Waals surface area contributed by atoms with E-state index in [1.165, 1.54) is 0 Å². The monoisotopic (exact) mass is 273 g/mol. The van der Waals surface area contributed by atoms with Gasteiger partial charge in [0.1, 0.15) is 0 Å². The van der Waals surface area contributed by atoms with Gasteiger partial charge in [0, 0.05) is 24.2 Å². The summed E-state index contributed by atoms with van der Waals surface area (Å²) in [6, 6.07) is 0. The van der Waals surface area contributed by atoms with E-state index < -0.39 is 23.4 Å². The van der Waals surface area contributed by atoms with Crippen molar-refractivity contribution in [1.29, 1.82) is 0 Å². The van der Waals surface area contributed by atoms with Gasteiger partial charge in [-0.2, -0.15) is 0 Å². The van der Waals surface area contributed by atoms with Gasteiger partial charge in [0.2, 0.25) is 0 Å². The van der Waals surface area contributed by atoms with Gasteiger partial charge in [0.05, 0.1) is 5.54 Å². The minimum Gasteiger partial charge on any atom is -0.481 e. The van der Waals surface area contributed by atoms with E-state index in [2.05, 4.69) is 10.0 Å². The van der Waals surface area contributed by atoms with Crippen molar-refractivity contribution < 1.29 is 29.7 Å². The first-order valence-corrected chi connectivity index (χ1v) is 5.53. The molecule has 0 aliphatic rings. The van der Waals surface area contributed by atoms with Crippen LogP contribution in [0.1, 0.15) is 38.5 Å². The van der Waals surface area contributed by atoms with Gasteiger partial charge in [0.15, 0.2) is 0 Å². The zero-order valence-electron chi connectivity index (χ0n) is 10.2. The summed E-state index contributed by atoms with van der Waals surface area (Å²) >= 11 is 0. The van der Waals surface area contributed by atoms with Crippen LogP contribution in [0.4, 0.5) is 0 Å². The summed E-state index contributed by atoms with van der Waals surface area (Å²) in [5.74, 6) is -3.37. The molecule has 106 valence electrons. The molecule has 0 aromatic rings. The first-order valence-electron chi connectivity index (χ1n) is 5.53. The number of aliphatic carboxylic acids is 3. The lowest BCUT2D eigenvalue weighted by Crippen LogP contribution is -2.29. The standard InChI is InChI=1S/C10H15N3O6/c11-13-12-10(4-1-7(14)15,5-2-8(16)17)6-3-9(18)19/h1-6H2,(H,14,15)(H,16,17)(H,18,19). The minimum absolute atomic E-state index is 0.0903. The summed E-state index contributed by atoms with van der Waals surface area (Å²) in [4.78, 5) is 34.3. The Morgan fingerprint density at radius 1 is 0.895 bits per heavy atom. The predicted molar refractivity (Wildman–Crippen MR) is 62.5 cm³/mol. The lowest BCUT2D eigenvalue weighted by atomic mass is 9.84. The lowest BCUT2D eigenvalue weighted by molar-refractivity contribution is -0.137. The highest BCUT2D eigenvalue weighted by molar-refractivity contribution is 5.68. The number of carboxylic acid groups (broad SMARTS) is 3. The third kappa shape index (κ3) is 7.61. The van der Waals surface area contributed by atoms with Crippen LogP contribution in [0.5, 0.6) is 0 Å². The fourth-order valence-corrected chi connectivity index (χ4v) is 1.64. The second kappa shape index (κ2) is 7.93. The van der Waals surface area contributed by atoms with Gasteiger partial charge in [-0.05, 0) is 24.8 Å². The van der Waals surface area contributed by atoms with Crippen molar-refractivity contribution in [3.05, 3.63) is 10.4 Å². The van der Waals surface area contributed by atoms with Crippen molar-refractivity contribution >= 4 is 17.9 Å². The summed E-state index contributed by atoms with van der Waals surface area (Å²) in [6.45, 7) is 0. The van der Waals surface area contributed by atoms with Crippen LogP contribution in [0.25, 0.3) is 10.4 Å². The summed E-state index contributed by atoms with van der Waals surface area (Å²) in [5, 5.41) is 29.4. The van der Waals surface area contributed by atoms with Crippen LogP contribution >= 0.6 is 0 Å². The van der Waals surface area contributed by atoms with Gasteiger partial charge in [-0.25, -0.2) is 0 Å². The lowest BCUT2D eigenvalue weighted by Gasteiger charge is -2.27. The number of hydrogen-bond acceptors (Lipinski definition) is 4. The molecule has 0 radical (unpaired) electrons. The molecule has 9 nitrogen and oxygen atoms in total. The van der Waals surface area contributed by atoms with Crippen LogP contribution in [0, 0.1) is 0 Å². The minimum atomic E-state index is -1.29. The third-order valence-electron chi connectivity index (χ3n) is 2.67. The SMILES string of the molecule is [N-]=[N+]=NC(CCC(=O)O)(CCC(=O)O)CCC(=O)O. The van der Waals surface area contributed by atoms with Crippen LogP contribution in [-0.2, 0) is 14.4 Å². The number of rotatable bonds is 10. The second-order valence-corrected chi connectivity index (χ2v) is 4.09. The Labute approximate surface area is 108 Å². The predicted octanol–water partition coefficient (Wildman–Crippen LogP) is 1.63. The molecule has 0 saturated carbocycles. The average molecular weight is 273 g/mol. The van der Waals surface area contributed by atoms with Gasteiger partial charge in [-0.1, -0.05) is 5.11 Å². The molecule has 0 saturated heterocycles. The van der Waals surface area contributed by atoms with Crippen molar-refractivity contribution in [3.63, 3.8) is 0 Å². The molecule has 19 heavy (non-hydrogen) atoms. The molecule has 9 heteroatoms. The molecule has 0 heterocycles. The maximum absolute atomic E-state index is 10.6. The molecule has 0 fully saturated rings. The zero-order chi connectivity index (χ0) is 14.9. The summed E-state index contributed by atoms with van der Waals surface area (Å²) in [5.41, 5.74) is 7.23. The summed E-state index contributed by atoms with van der Waals surface area (Å²) in [6.07, 6.45) is -1.23. The van der Waals surface area contributed by atoms with Crippen molar-refractivity contribution in [3.8, 4) is 0 Å². The Bertz CT molecular complexity index is 357. The number of carboxylic acids is 3. The quantitative estimate of drug-likeness (QED) is 0.311. The largest absolute Gasteiger partial charge is 0.481 e. The highest BCUT2D eigenvalue weighted by Gasteiger charge is 2.31. The Balaban J connectivity index is 4.95. The third-order valence-corrected chi connectivity index (χ3v) is 2.67. The normalized spacial score (nSPS) is 10.5. The molecule has 0 bridgehead atoms. The van der Waals surface area contributed by atoms with E-state index in [1.54, 1.807) is 0 Å². The van der Waals surface area contributed by atoms with Crippen LogP contribution in [-0.4, -0.2) is 38.8 Å². The van der Waals surface area contributed by atoms with Gasteiger partial charge in [-0.3, -0.25) is 14.4 Å². The zero-order valence-corrected chi connectivity index (χ0v) is 10.2. The molecular formula is C10H15N3O6. The fourth-order valence-electron chi connectivity index (χ4n) is 1.64. The van der Waals surface area contributed by atoms with E-state index in [4.69, 9.17) is 20.9 Å². The number of carbonyl (C=O) groups is 3. The van der Waals surface area contributed by atoms with Gasteiger partial charge in [0.25, 0.3) is 0 Å². The molecule has 0 unspecified atom stereocenters. The van der Waals surface area contributed by atoms with Gasteiger partial charge < -0.3 is 15.3 Å². The van der Waals surface area contributed by atoms with E-state index in [-0.39, 0.29) is 38.5 Å². The van der Waals surface area contributed by atoms with Crippen LogP contribution in [0.3, 0.4) is 0 Å². The molecule has 0 amide bonds. The smallest absolute Gasteiger partial charge is 0.303 e. The van der Waals surface area contributed by atoms with E-state index in [0.29, 0.717) is 0 Å². The number of nitrogens with zero attached hydrogens (tertiary/aromatic N) is 3.